The topological polar surface area (TPSA) is 53.1 Å². The monoisotopic (exact) mass is 217 g/mol. The molecule has 0 spiro atoms. The number of rotatable bonds is 4. The maximum Gasteiger partial charge on any atom is 0.119 e. The Bertz CT molecular complexity index is 448. The van der Waals surface area contributed by atoms with Crippen LogP contribution in [0.15, 0.2) is 36.7 Å². The number of aromatic nitrogens is 2. The van der Waals surface area contributed by atoms with Crippen LogP contribution in [-0.4, -0.2) is 16.2 Å². The SMILES string of the molecule is Cc1nccn1CCOc1ccc(N)cc1. The molecule has 0 aliphatic carbocycles. The third-order valence-corrected chi connectivity index (χ3v) is 2.40. The van der Waals surface area contributed by atoms with Gasteiger partial charge in [0.25, 0.3) is 0 Å². The number of anilines is 1. The van der Waals surface area contributed by atoms with E-state index in [0.717, 1.165) is 23.8 Å². The molecule has 2 aromatic rings. The predicted molar refractivity (Wildman–Crippen MR) is 63.3 cm³/mol. The van der Waals surface area contributed by atoms with Gasteiger partial charge in [0, 0.05) is 18.1 Å². The maximum atomic E-state index is 5.59. The van der Waals surface area contributed by atoms with Crippen molar-refractivity contribution in [3.8, 4) is 5.75 Å². The molecule has 0 bridgehead atoms. The Labute approximate surface area is 94.7 Å². The van der Waals surface area contributed by atoms with Crippen molar-refractivity contribution in [2.75, 3.05) is 12.3 Å². The maximum absolute atomic E-state index is 5.59. The lowest BCUT2D eigenvalue weighted by Gasteiger charge is -2.08. The van der Waals surface area contributed by atoms with Gasteiger partial charge in [-0.15, -0.1) is 0 Å². The highest BCUT2D eigenvalue weighted by molar-refractivity contribution is 5.41. The number of nitrogens with two attached hydrogens (primary N) is 1. The number of ether oxygens (including phenoxy) is 1. The van der Waals surface area contributed by atoms with E-state index in [1.54, 1.807) is 6.20 Å². The summed E-state index contributed by atoms with van der Waals surface area (Å²) in [6, 6.07) is 7.40. The molecular weight excluding hydrogens is 202 g/mol. The highest BCUT2D eigenvalue weighted by atomic mass is 16.5. The lowest BCUT2D eigenvalue weighted by molar-refractivity contribution is 0.297. The van der Waals surface area contributed by atoms with Crippen LogP contribution in [0, 0.1) is 6.92 Å². The molecule has 1 heterocycles. The molecule has 0 atom stereocenters. The molecular formula is C12H15N3O. The van der Waals surface area contributed by atoms with Crippen molar-refractivity contribution in [1.29, 1.82) is 0 Å². The van der Waals surface area contributed by atoms with Gasteiger partial charge >= 0.3 is 0 Å². The van der Waals surface area contributed by atoms with Crippen LogP contribution in [0.1, 0.15) is 5.82 Å². The van der Waals surface area contributed by atoms with Crippen LogP contribution >= 0.6 is 0 Å². The molecule has 0 amide bonds. The number of hydrogen-bond donors (Lipinski definition) is 1. The Kier molecular flexibility index (Phi) is 3.10. The van der Waals surface area contributed by atoms with Gasteiger partial charge in [0.1, 0.15) is 18.2 Å². The summed E-state index contributed by atoms with van der Waals surface area (Å²) >= 11 is 0. The third-order valence-electron chi connectivity index (χ3n) is 2.40. The molecule has 0 unspecified atom stereocenters. The smallest absolute Gasteiger partial charge is 0.119 e. The zero-order valence-electron chi connectivity index (χ0n) is 9.26. The average molecular weight is 217 g/mol. The first-order chi connectivity index (χ1) is 7.75. The largest absolute Gasteiger partial charge is 0.492 e. The number of benzene rings is 1. The van der Waals surface area contributed by atoms with E-state index in [1.165, 1.54) is 0 Å². The molecule has 0 saturated carbocycles. The van der Waals surface area contributed by atoms with Gasteiger partial charge in [-0.3, -0.25) is 0 Å². The van der Waals surface area contributed by atoms with Gasteiger partial charge in [-0.1, -0.05) is 0 Å². The van der Waals surface area contributed by atoms with Gasteiger partial charge in [-0.25, -0.2) is 4.98 Å². The molecule has 2 rings (SSSR count). The second kappa shape index (κ2) is 4.70. The van der Waals surface area contributed by atoms with Crippen molar-refractivity contribution < 1.29 is 4.74 Å². The first-order valence-corrected chi connectivity index (χ1v) is 5.22. The van der Waals surface area contributed by atoms with Crippen molar-refractivity contribution >= 4 is 5.69 Å². The van der Waals surface area contributed by atoms with E-state index in [9.17, 15) is 0 Å². The minimum atomic E-state index is 0.626. The van der Waals surface area contributed by atoms with Crippen LogP contribution in [0.3, 0.4) is 0 Å². The van der Waals surface area contributed by atoms with E-state index in [1.807, 2.05) is 37.4 Å². The minimum Gasteiger partial charge on any atom is -0.492 e. The van der Waals surface area contributed by atoms with Crippen molar-refractivity contribution in [3.05, 3.63) is 42.5 Å². The molecule has 2 N–H and O–H groups in total. The van der Waals surface area contributed by atoms with Crippen LogP contribution in [0.5, 0.6) is 5.75 Å². The minimum absolute atomic E-state index is 0.626. The number of nitrogens with zero attached hydrogens (tertiary/aromatic N) is 2. The number of nitrogen functional groups attached to an aromatic ring is 1. The fourth-order valence-electron chi connectivity index (χ4n) is 1.47. The molecule has 0 radical (unpaired) electrons. The van der Waals surface area contributed by atoms with Crippen molar-refractivity contribution in [2.45, 2.75) is 13.5 Å². The Morgan fingerprint density at radius 2 is 2.06 bits per heavy atom. The summed E-state index contributed by atoms with van der Waals surface area (Å²) in [7, 11) is 0. The summed E-state index contributed by atoms with van der Waals surface area (Å²) in [4.78, 5) is 4.14. The van der Waals surface area contributed by atoms with E-state index in [2.05, 4.69) is 9.55 Å². The van der Waals surface area contributed by atoms with Crippen LogP contribution in [0.4, 0.5) is 5.69 Å². The Morgan fingerprint density at radius 1 is 1.31 bits per heavy atom. The first kappa shape index (κ1) is 10.5. The van der Waals surface area contributed by atoms with Gasteiger partial charge in [-0.05, 0) is 31.2 Å². The van der Waals surface area contributed by atoms with E-state index < -0.39 is 0 Å². The van der Waals surface area contributed by atoms with Crippen LogP contribution in [-0.2, 0) is 6.54 Å². The molecule has 4 nitrogen and oxygen atoms in total. The molecule has 0 aliphatic heterocycles. The zero-order valence-corrected chi connectivity index (χ0v) is 9.26. The van der Waals surface area contributed by atoms with Gasteiger partial charge in [-0.2, -0.15) is 0 Å². The fourth-order valence-corrected chi connectivity index (χ4v) is 1.47. The molecule has 84 valence electrons. The summed E-state index contributed by atoms with van der Waals surface area (Å²) in [5.41, 5.74) is 6.33. The number of imidazole rings is 1. The first-order valence-electron chi connectivity index (χ1n) is 5.22. The van der Waals surface area contributed by atoms with Crippen molar-refractivity contribution in [1.82, 2.24) is 9.55 Å². The van der Waals surface area contributed by atoms with Crippen LogP contribution in [0.25, 0.3) is 0 Å². The Morgan fingerprint density at radius 3 is 2.69 bits per heavy atom. The number of aryl methyl sites for hydroxylation is 1. The summed E-state index contributed by atoms with van der Waals surface area (Å²) in [6.45, 7) is 3.40. The van der Waals surface area contributed by atoms with Crippen molar-refractivity contribution in [3.63, 3.8) is 0 Å². The summed E-state index contributed by atoms with van der Waals surface area (Å²) in [5.74, 6) is 1.84. The molecule has 0 fully saturated rings. The van der Waals surface area contributed by atoms with Crippen LogP contribution in [0.2, 0.25) is 0 Å². The second-order valence-electron chi connectivity index (χ2n) is 3.59. The summed E-state index contributed by atoms with van der Waals surface area (Å²) in [5, 5.41) is 0. The van der Waals surface area contributed by atoms with E-state index >= 15 is 0 Å². The molecule has 1 aromatic carbocycles. The van der Waals surface area contributed by atoms with E-state index in [4.69, 9.17) is 10.5 Å². The van der Waals surface area contributed by atoms with Gasteiger partial charge in [0.15, 0.2) is 0 Å². The molecule has 0 aliphatic rings. The Hall–Kier alpha value is -1.97. The quantitative estimate of drug-likeness (QED) is 0.795. The van der Waals surface area contributed by atoms with E-state index in [-0.39, 0.29) is 0 Å². The highest BCUT2D eigenvalue weighted by Gasteiger charge is 1.97. The van der Waals surface area contributed by atoms with Gasteiger partial charge in [0.2, 0.25) is 0 Å². The van der Waals surface area contributed by atoms with E-state index in [0.29, 0.717) is 6.61 Å². The van der Waals surface area contributed by atoms with Crippen LogP contribution < -0.4 is 10.5 Å². The summed E-state index contributed by atoms with van der Waals surface area (Å²) < 4.78 is 7.64. The summed E-state index contributed by atoms with van der Waals surface area (Å²) in [6.07, 6.45) is 3.74. The third kappa shape index (κ3) is 2.53. The molecule has 1 aromatic heterocycles. The lowest BCUT2D eigenvalue weighted by atomic mass is 10.3. The number of hydrogen-bond acceptors (Lipinski definition) is 3. The van der Waals surface area contributed by atoms with Crippen molar-refractivity contribution in [2.24, 2.45) is 0 Å². The predicted octanol–water partition coefficient (Wildman–Crippen LogP) is 1.85. The normalized spacial score (nSPS) is 10.3. The standard InChI is InChI=1S/C12H15N3O/c1-10-14-6-7-15(10)8-9-16-12-4-2-11(13)3-5-12/h2-7H,8-9,13H2,1H3. The van der Waals surface area contributed by atoms with Gasteiger partial charge in [0.05, 0.1) is 6.54 Å². The molecule has 4 heteroatoms. The Balaban J connectivity index is 1.84. The fraction of sp³-hybridized carbons (Fsp3) is 0.250. The highest BCUT2D eigenvalue weighted by Crippen LogP contribution is 2.12. The molecule has 0 saturated heterocycles. The second-order valence-corrected chi connectivity index (χ2v) is 3.59. The zero-order chi connectivity index (χ0) is 11.4. The average Bonchev–Trinajstić information content (AvgIpc) is 2.68. The van der Waals surface area contributed by atoms with Gasteiger partial charge < -0.3 is 15.0 Å². The molecule has 16 heavy (non-hydrogen) atoms. The lowest BCUT2D eigenvalue weighted by Crippen LogP contribution is -2.08.